The van der Waals surface area contributed by atoms with E-state index in [1.54, 1.807) is 38.1 Å². The maximum atomic E-state index is 13.0. The van der Waals surface area contributed by atoms with Gasteiger partial charge in [-0.1, -0.05) is 23.8 Å². The average Bonchev–Trinajstić information content (AvgIpc) is 2.73. The molecule has 0 spiro atoms. The molecule has 1 saturated heterocycles. The number of carbonyl (C=O) groups is 2. The van der Waals surface area contributed by atoms with Crippen LogP contribution in [0.25, 0.3) is 0 Å². The Hall–Kier alpha value is -3.02. The molecule has 1 fully saturated rings. The summed E-state index contributed by atoms with van der Waals surface area (Å²) in [6, 6.07) is 13.0. The van der Waals surface area contributed by atoms with Gasteiger partial charge in [-0.15, -0.1) is 0 Å². The fourth-order valence-electron chi connectivity index (χ4n) is 3.91. The molecule has 1 aliphatic heterocycles. The van der Waals surface area contributed by atoms with E-state index in [1.165, 1.54) is 0 Å². The van der Waals surface area contributed by atoms with Gasteiger partial charge in [0.25, 0.3) is 0 Å². The number of rotatable bonds is 5. The van der Waals surface area contributed by atoms with Gasteiger partial charge in [-0.3, -0.25) is 9.59 Å². The number of carbonyl (C=O) groups excluding carboxylic acids is 2. The highest BCUT2D eigenvalue weighted by atomic mass is 16.5. The van der Waals surface area contributed by atoms with E-state index < -0.39 is 6.04 Å². The Balaban J connectivity index is 2.15. The zero-order chi connectivity index (χ0) is 21.1. The van der Waals surface area contributed by atoms with Crippen LogP contribution in [0.2, 0.25) is 0 Å². The SMILES string of the molecule is COc1ccc(C2C(C(=O)N(C)C)CCC(=O)N2c2ccc(C)cc2)cc1OC. The topological polar surface area (TPSA) is 59.1 Å². The van der Waals surface area contributed by atoms with Crippen molar-refractivity contribution in [1.82, 2.24) is 4.90 Å². The van der Waals surface area contributed by atoms with Crippen LogP contribution in [0.1, 0.15) is 30.0 Å². The predicted molar refractivity (Wildman–Crippen MR) is 112 cm³/mol. The third-order valence-electron chi connectivity index (χ3n) is 5.42. The summed E-state index contributed by atoms with van der Waals surface area (Å²) in [5.74, 6) is 0.853. The number of benzene rings is 2. The smallest absolute Gasteiger partial charge is 0.227 e. The number of nitrogens with zero attached hydrogens (tertiary/aromatic N) is 2. The number of amides is 2. The molecule has 0 radical (unpaired) electrons. The van der Waals surface area contributed by atoms with Crippen LogP contribution in [-0.4, -0.2) is 45.0 Å². The Morgan fingerprint density at radius 1 is 1.03 bits per heavy atom. The Labute approximate surface area is 172 Å². The molecule has 0 aromatic heterocycles. The summed E-state index contributed by atoms with van der Waals surface area (Å²) in [5, 5.41) is 0. The van der Waals surface area contributed by atoms with Crippen LogP contribution < -0.4 is 14.4 Å². The van der Waals surface area contributed by atoms with E-state index in [2.05, 4.69) is 0 Å². The van der Waals surface area contributed by atoms with Gasteiger partial charge >= 0.3 is 0 Å². The second-order valence-corrected chi connectivity index (χ2v) is 7.54. The van der Waals surface area contributed by atoms with Crippen LogP contribution in [0.5, 0.6) is 11.5 Å². The second kappa shape index (κ2) is 8.55. The fourth-order valence-corrected chi connectivity index (χ4v) is 3.91. The van der Waals surface area contributed by atoms with Crippen LogP contribution in [0.3, 0.4) is 0 Å². The lowest BCUT2D eigenvalue weighted by molar-refractivity contribution is -0.136. The van der Waals surface area contributed by atoms with Crippen molar-refractivity contribution < 1.29 is 19.1 Å². The van der Waals surface area contributed by atoms with Crippen LogP contribution in [-0.2, 0) is 9.59 Å². The Morgan fingerprint density at radius 2 is 1.69 bits per heavy atom. The summed E-state index contributed by atoms with van der Waals surface area (Å²) in [7, 11) is 6.66. The number of anilines is 1. The largest absolute Gasteiger partial charge is 0.493 e. The van der Waals surface area contributed by atoms with Crippen LogP contribution >= 0.6 is 0 Å². The molecular weight excluding hydrogens is 368 g/mol. The molecule has 1 aliphatic rings. The minimum absolute atomic E-state index is 0.00870. The highest BCUT2D eigenvalue weighted by molar-refractivity contribution is 5.97. The van der Waals surface area contributed by atoms with Gasteiger partial charge in [0.2, 0.25) is 11.8 Å². The lowest BCUT2D eigenvalue weighted by Gasteiger charge is -2.41. The molecule has 6 nitrogen and oxygen atoms in total. The Kier molecular flexibility index (Phi) is 6.11. The molecule has 0 bridgehead atoms. The van der Waals surface area contributed by atoms with E-state index in [-0.39, 0.29) is 17.7 Å². The van der Waals surface area contributed by atoms with Gasteiger partial charge in [0.1, 0.15) is 0 Å². The van der Waals surface area contributed by atoms with E-state index in [1.807, 2.05) is 49.4 Å². The first-order valence-corrected chi connectivity index (χ1v) is 9.69. The number of hydrogen-bond donors (Lipinski definition) is 0. The molecule has 154 valence electrons. The first-order valence-electron chi connectivity index (χ1n) is 9.69. The summed E-state index contributed by atoms with van der Waals surface area (Å²) < 4.78 is 10.8. The zero-order valence-corrected chi connectivity index (χ0v) is 17.6. The van der Waals surface area contributed by atoms with E-state index in [0.29, 0.717) is 24.3 Å². The molecule has 0 saturated carbocycles. The van der Waals surface area contributed by atoms with Crippen molar-refractivity contribution in [1.29, 1.82) is 0 Å². The molecule has 6 heteroatoms. The normalized spacial score (nSPS) is 19.1. The molecule has 2 unspecified atom stereocenters. The molecule has 2 amide bonds. The molecule has 2 aromatic carbocycles. The van der Waals surface area contributed by atoms with Gasteiger partial charge in [-0.05, 0) is 43.2 Å². The van der Waals surface area contributed by atoms with E-state index in [0.717, 1.165) is 16.8 Å². The van der Waals surface area contributed by atoms with E-state index >= 15 is 0 Å². The van der Waals surface area contributed by atoms with Gasteiger partial charge in [0.15, 0.2) is 11.5 Å². The molecule has 1 heterocycles. The summed E-state index contributed by atoms with van der Waals surface area (Å²) in [6.07, 6.45) is 0.846. The summed E-state index contributed by atoms with van der Waals surface area (Å²) in [4.78, 5) is 29.4. The molecule has 0 aliphatic carbocycles. The summed E-state index contributed by atoms with van der Waals surface area (Å²) >= 11 is 0. The Bertz CT molecular complexity index is 892. The van der Waals surface area contributed by atoms with Gasteiger partial charge in [0, 0.05) is 26.2 Å². The van der Waals surface area contributed by atoms with Gasteiger partial charge < -0.3 is 19.3 Å². The second-order valence-electron chi connectivity index (χ2n) is 7.54. The number of piperidine rings is 1. The average molecular weight is 396 g/mol. The Morgan fingerprint density at radius 3 is 2.28 bits per heavy atom. The number of ether oxygens (including phenoxy) is 2. The highest BCUT2D eigenvalue weighted by Crippen LogP contribution is 2.42. The minimum Gasteiger partial charge on any atom is -0.493 e. The molecule has 2 aromatic rings. The number of aryl methyl sites for hydroxylation is 1. The monoisotopic (exact) mass is 396 g/mol. The van der Waals surface area contributed by atoms with Crippen LogP contribution in [0.4, 0.5) is 5.69 Å². The lowest BCUT2D eigenvalue weighted by atomic mass is 9.82. The maximum absolute atomic E-state index is 13.0. The van der Waals surface area contributed by atoms with Crippen molar-refractivity contribution in [2.24, 2.45) is 5.92 Å². The zero-order valence-electron chi connectivity index (χ0n) is 17.6. The number of hydrogen-bond acceptors (Lipinski definition) is 4. The van der Waals surface area contributed by atoms with E-state index in [4.69, 9.17) is 9.47 Å². The van der Waals surface area contributed by atoms with Crippen LogP contribution in [0, 0.1) is 12.8 Å². The van der Waals surface area contributed by atoms with Crippen molar-refractivity contribution in [2.45, 2.75) is 25.8 Å². The molecule has 3 rings (SSSR count). The molecular formula is C23H28N2O4. The van der Waals surface area contributed by atoms with Crippen molar-refractivity contribution >= 4 is 17.5 Å². The lowest BCUT2D eigenvalue weighted by Crippen LogP contribution is -2.48. The third kappa shape index (κ3) is 4.06. The predicted octanol–water partition coefficient (Wildman–Crippen LogP) is 3.58. The summed E-state index contributed by atoms with van der Waals surface area (Å²) in [6.45, 7) is 2.01. The van der Waals surface area contributed by atoms with Gasteiger partial charge in [-0.25, -0.2) is 0 Å². The first-order chi connectivity index (χ1) is 13.9. The molecule has 2 atom stereocenters. The fraction of sp³-hybridized carbons (Fsp3) is 0.391. The molecule has 29 heavy (non-hydrogen) atoms. The van der Waals surface area contributed by atoms with Crippen molar-refractivity contribution in [2.75, 3.05) is 33.2 Å². The van der Waals surface area contributed by atoms with Crippen molar-refractivity contribution in [3.8, 4) is 11.5 Å². The third-order valence-corrected chi connectivity index (χ3v) is 5.42. The maximum Gasteiger partial charge on any atom is 0.227 e. The first kappa shape index (κ1) is 20.7. The van der Waals surface area contributed by atoms with Crippen LogP contribution in [0.15, 0.2) is 42.5 Å². The molecule has 0 N–H and O–H groups in total. The highest BCUT2D eigenvalue weighted by Gasteiger charge is 2.42. The summed E-state index contributed by atoms with van der Waals surface area (Å²) in [5.41, 5.74) is 2.75. The standard InChI is InChI=1S/C23H28N2O4/c1-15-6-9-17(10-7-15)25-21(26)13-11-18(23(27)24(2)3)22(25)16-8-12-19(28-4)20(14-16)29-5/h6-10,12,14,18,22H,11,13H2,1-5H3. The van der Waals surface area contributed by atoms with E-state index in [9.17, 15) is 9.59 Å². The van der Waals surface area contributed by atoms with Gasteiger partial charge in [0.05, 0.1) is 26.2 Å². The van der Waals surface area contributed by atoms with Crippen molar-refractivity contribution in [3.05, 3.63) is 53.6 Å². The van der Waals surface area contributed by atoms with Gasteiger partial charge in [-0.2, -0.15) is 0 Å². The number of methoxy groups -OCH3 is 2. The minimum atomic E-state index is -0.423. The quantitative estimate of drug-likeness (QED) is 0.775. The van der Waals surface area contributed by atoms with Crippen molar-refractivity contribution in [3.63, 3.8) is 0 Å².